The van der Waals surface area contributed by atoms with E-state index in [9.17, 15) is 0 Å². The minimum Gasteiger partial charge on any atom is -0.373 e. The van der Waals surface area contributed by atoms with Gasteiger partial charge in [0.1, 0.15) is 13.7 Å². The molecule has 0 amide bonds. The van der Waals surface area contributed by atoms with Crippen molar-refractivity contribution in [3.05, 3.63) is 18.3 Å². The van der Waals surface area contributed by atoms with Crippen LogP contribution in [0.4, 0.5) is 5.82 Å². The number of nitrogens with zero attached hydrogens (tertiary/aromatic N) is 1. The van der Waals surface area contributed by atoms with Gasteiger partial charge in [0.25, 0.3) is 0 Å². The summed E-state index contributed by atoms with van der Waals surface area (Å²) in [6.45, 7) is 0. The Hall–Kier alpha value is -0.985. The molecule has 1 aromatic heterocycles. The van der Waals surface area contributed by atoms with Gasteiger partial charge in [-0.2, -0.15) is 0 Å². The molecule has 0 saturated heterocycles. The van der Waals surface area contributed by atoms with Crippen molar-refractivity contribution in [3.8, 4) is 0 Å². The van der Waals surface area contributed by atoms with E-state index in [0.717, 1.165) is 5.82 Å². The van der Waals surface area contributed by atoms with Crippen LogP contribution in [0.3, 0.4) is 0 Å². The molecule has 0 bridgehead atoms. The maximum Gasteiger partial charge on any atom is 0.125 e. The third-order valence-corrected chi connectivity index (χ3v) is 1.04. The van der Waals surface area contributed by atoms with Crippen molar-refractivity contribution in [2.75, 3.05) is 12.4 Å². The largest absolute Gasteiger partial charge is 0.373 e. The van der Waals surface area contributed by atoms with Crippen LogP contribution in [0, 0.1) is 0 Å². The lowest BCUT2D eigenvalue weighted by molar-refractivity contribution is 1.30. The van der Waals surface area contributed by atoms with E-state index in [1.54, 1.807) is 12.3 Å². The fourth-order valence-electron chi connectivity index (χ4n) is 0.553. The van der Waals surface area contributed by atoms with Gasteiger partial charge in [-0.3, -0.25) is 0 Å². The van der Waals surface area contributed by atoms with Crippen LogP contribution < -0.4 is 10.8 Å². The second-order valence-electron chi connectivity index (χ2n) is 1.73. The van der Waals surface area contributed by atoms with Crippen LogP contribution in [-0.4, -0.2) is 19.9 Å². The van der Waals surface area contributed by atoms with Gasteiger partial charge >= 0.3 is 0 Å². The number of hydrogen-bond donors (Lipinski definition) is 1. The highest BCUT2D eigenvalue weighted by Gasteiger charge is 1.85. The number of aromatic nitrogens is 1. The van der Waals surface area contributed by atoms with Gasteiger partial charge in [-0.25, -0.2) is 4.98 Å². The molecular weight excluding hydrogens is 111 g/mol. The van der Waals surface area contributed by atoms with Gasteiger partial charge in [0.2, 0.25) is 0 Å². The van der Waals surface area contributed by atoms with Crippen LogP contribution in [0.2, 0.25) is 0 Å². The van der Waals surface area contributed by atoms with Gasteiger partial charge in [0.05, 0.1) is 0 Å². The minimum absolute atomic E-state index is 0.689. The summed E-state index contributed by atoms with van der Waals surface area (Å²) in [4.78, 5) is 3.96. The summed E-state index contributed by atoms with van der Waals surface area (Å²) in [5.41, 5.74) is 0.689. The molecule has 0 atom stereocenters. The highest BCUT2D eigenvalue weighted by molar-refractivity contribution is 6.32. The van der Waals surface area contributed by atoms with Crippen molar-refractivity contribution >= 4 is 19.1 Å². The van der Waals surface area contributed by atoms with Crippen molar-refractivity contribution in [2.24, 2.45) is 0 Å². The SMILES string of the molecule is [B]c1ccc(NC)nc1. The van der Waals surface area contributed by atoms with Crippen molar-refractivity contribution in [1.29, 1.82) is 0 Å². The molecule has 0 aliphatic rings. The molecule has 0 aromatic carbocycles. The van der Waals surface area contributed by atoms with Crippen molar-refractivity contribution in [2.45, 2.75) is 0 Å². The Morgan fingerprint density at radius 2 is 2.33 bits per heavy atom. The molecule has 2 nitrogen and oxygen atoms in total. The maximum absolute atomic E-state index is 5.39. The smallest absolute Gasteiger partial charge is 0.125 e. The van der Waals surface area contributed by atoms with Crippen LogP contribution in [0.25, 0.3) is 0 Å². The number of hydrogen-bond acceptors (Lipinski definition) is 2. The number of nitrogens with one attached hydrogen (secondary N) is 1. The summed E-state index contributed by atoms with van der Waals surface area (Å²) in [5, 5.41) is 2.89. The molecule has 44 valence electrons. The lowest BCUT2D eigenvalue weighted by Gasteiger charge is -1.96. The van der Waals surface area contributed by atoms with Crippen molar-refractivity contribution in [3.63, 3.8) is 0 Å². The quantitative estimate of drug-likeness (QED) is 0.521. The highest BCUT2D eigenvalue weighted by atomic mass is 14.9. The Morgan fingerprint density at radius 3 is 2.78 bits per heavy atom. The Labute approximate surface area is 55.7 Å². The second-order valence-corrected chi connectivity index (χ2v) is 1.73. The predicted molar refractivity (Wildman–Crippen MR) is 39.2 cm³/mol. The van der Waals surface area contributed by atoms with Gasteiger partial charge in [0, 0.05) is 13.2 Å². The van der Waals surface area contributed by atoms with E-state index in [1.807, 2.05) is 13.1 Å². The van der Waals surface area contributed by atoms with E-state index in [2.05, 4.69) is 10.3 Å². The van der Waals surface area contributed by atoms with Crippen LogP contribution >= 0.6 is 0 Å². The molecule has 0 spiro atoms. The van der Waals surface area contributed by atoms with E-state index in [0.29, 0.717) is 5.46 Å². The molecule has 0 saturated carbocycles. The Balaban J connectivity index is 2.88. The van der Waals surface area contributed by atoms with Gasteiger partial charge < -0.3 is 5.32 Å². The van der Waals surface area contributed by atoms with Crippen molar-refractivity contribution < 1.29 is 0 Å². The zero-order valence-corrected chi connectivity index (χ0v) is 5.26. The molecule has 1 heterocycles. The van der Waals surface area contributed by atoms with Crippen LogP contribution in [0.15, 0.2) is 18.3 Å². The van der Waals surface area contributed by atoms with E-state index in [-0.39, 0.29) is 0 Å². The summed E-state index contributed by atoms with van der Waals surface area (Å²) in [6, 6.07) is 3.63. The van der Waals surface area contributed by atoms with E-state index >= 15 is 0 Å². The van der Waals surface area contributed by atoms with Gasteiger partial charge in [-0.15, -0.1) is 0 Å². The lowest BCUT2D eigenvalue weighted by atomic mass is 9.99. The highest BCUT2D eigenvalue weighted by Crippen LogP contribution is 1.93. The monoisotopic (exact) mass is 118 g/mol. The molecular formula is C6H7BN2. The van der Waals surface area contributed by atoms with Crippen LogP contribution in [0.5, 0.6) is 0 Å². The molecule has 0 aliphatic carbocycles. The topological polar surface area (TPSA) is 24.9 Å². The molecule has 0 fully saturated rings. The first-order chi connectivity index (χ1) is 4.33. The molecule has 9 heavy (non-hydrogen) atoms. The Morgan fingerprint density at radius 1 is 1.56 bits per heavy atom. The number of anilines is 1. The summed E-state index contributed by atoms with van der Waals surface area (Å²) in [5.74, 6) is 0.837. The second kappa shape index (κ2) is 2.53. The fourth-order valence-corrected chi connectivity index (χ4v) is 0.553. The zero-order valence-electron chi connectivity index (χ0n) is 5.26. The summed E-state index contributed by atoms with van der Waals surface area (Å²) in [7, 11) is 7.21. The van der Waals surface area contributed by atoms with Crippen molar-refractivity contribution in [1.82, 2.24) is 4.98 Å². The summed E-state index contributed by atoms with van der Waals surface area (Å²) < 4.78 is 0. The minimum atomic E-state index is 0.689. The van der Waals surface area contributed by atoms with Crippen LogP contribution in [-0.2, 0) is 0 Å². The average Bonchev–Trinajstić information content (AvgIpc) is 1.90. The molecule has 1 aromatic rings. The molecule has 3 heteroatoms. The van der Waals surface area contributed by atoms with Gasteiger partial charge in [-0.1, -0.05) is 11.5 Å². The first-order valence-corrected chi connectivity index (χ1v) is 2.72. The normalized spacial score (nSPS) is 9.00. The molecule has 1 N–H and O–H groups in total. The Kier molecular flexibility index (Phi) is 1.73. The third kappa shape index (κ3) is 1.45. The van der Waals surface area contributed by atoms with Gasteiger partial charge in [-0.05, 0) is 6.07 Å². The molecule has 1 rings (SSSR count). The fraction of sp³-hybridized carbons (Fsp3) is 0.167. The third-order valence-electron chi connectivity index (χ3n) is 1.04. The zero-order chi connectivity index (χ0) is 6.69. The standard InChI is InChI=1S/C6H7BN2/c1-8-6-3-2-5(7)4-9-6/h2-4H,1H3,(H,8,9). The number of pyridine rings is 1. The van der Waals surface area contributed by atoms with E-state index < -0.39 is 0 Å². The van der Waals surface area contributed by atoms with E-state index in [1.165, 1.54) is 0 Å². The van der Waals surface area contributed by atoms with Crippen LogP contribution in [0.1, 0.15) is 0 Å². The molecule has 2 radical (unpaired) electrons. The molecule has 0 unspecified atom stereocenters. The molecule has 0 aliphatic heterocycles. The lowest BCUT2D eigenvalue weighted by Crippen LogP contribution is -2.03. The Bertz CT molecular complexity index is 183. The summed E-state index contributed by atoms with van der Waals surface area (Å²) in [6.07, 6.45) is 1.62. The van der Waals surface area contributed by atoms with Gasteiger partial charge in [0.15, 0.2) is 0 Å². The van der Waals surface area contributed by atoms with E-state index in [4.69, 9.17) is 7.85 Å². The first-order valence-electron chi connectivity index (χ1n) is 2.72. The first kappa shape index (κ1) is 6.14. The number of rotatable bonds is 1. The predicted octanol–water partition coefficient (Wildman–Crippen LogP) is -0.0829. The summed E-state index contributed by atoms with van der Waals surface area (Å²) >= 11 is 0. The maximum atomic E-state index is 5.39. The average molecular weight is 118 g/mol.